The summed E-state index contributed by atoms with van der Waals surface area (Å²) in [5.41, 5.74) is -2.42. The Labute approximate surface area is 153 Å². The molecule has 140 valence electrons. The van der Waals surface area contributed by atoms with Crippen molar-refractivity contribution in [3.63, 3.8) is 0 Å². The van der Waals surface area contributed by atoms with Crippen molar-refractivity contribution in [2.75, 3.05) is 0 Å². The number of para-hydroxylation sites is 1. The molecule has 3 aliphatic carbocycles. The van der Waals surface area contributed by atoms with Crippen LogP contribution in [0.4, 0.5) is 8.78 Å². The third kappa shape index (κ3) is 3.04. The summed E-state index contributed by atoms with van der Waals surface area (Å²) in [6.45, 7) is 3.52. The number of hydrogen-bond donors (Lipinski definition) is 1. The number of amidine groups is 1. The minimum Gasteiger partial charge on any atom is -0.480 e. The van der Waals surface area contributed by atoms with Gasteiger partial charge < -0.3 is 4.74 Å². The number of hydrogen-bond acceptors (Lipinski definition) is 3. The lowest BCUT2D eigenvalue weighted by molar-refractivity contribution is -0.102. The number of halogens is 2. The Bertz CT molecular complexity index is 687. The van der Waals surface area contributed by atoms with Crippen molar-refractivity contribution in [1.29, 1.82) is 10.7 Å². The molecule has 4 rings (SSSR count). The molecule has 3 fully saturated rings. The van der Waals surface area contributed by atoms with Crippen molar-refractivity contribution in [1.82, 2.24) is 4.90 Å². The molecule has 0 radical (unpaired) electrons. The van der Waals surface area contributed by atoms with Crippen LogP contribution in [0.15, 0.2) is 30.3 Å². The summed E-state index contributed by atoms with van der Waals surface area (Å²) < 4.78 is 32.9. The molecule has 0 spiro atoms. The lowest BCUT2D eigenvalue weighted by atomic mass is 9.56. The normalized spacial score (nSPS) is 27.8. The third-order valence-electron chi connectivity index (χ3n) is 6.21. The summed E-state index contributed by atoms with van der Waals surface area (Å²) in [5.74, 6) is 0.706. The highest BCUT2D eigenvalue weighted by Crippen LogP contribution is 2.57. The highest BCUT2D eigenvalue weighted by Gasteiger charge is 2.56. The molecular weight excluding hydrogens is 336 g/mol. The molecule has 0 heterocycles. The molecule has 0 amide bonds. The number of rotatable bonds is 5. The molecule has 0 aromatic heterocycles. The van der Waals surface area contributed by atoms with Gasteiger partial charge in [0, 0.05) is 5.41 Å². The summed E-state index contributed by atoms with van der Waals surface area (Å²) >= 11 is 0. The molecule has 3 aliphatic rings. The first-order valence-corrected chi connectivity index (χ1v) is 9.06. The predicted molar refractivity (Wildman–Crippen MR) is 95.2 cm³/mol. The maximum absolute atomic E-state index is 13.5. The first-order chi connectivity index (χ1) is 12.2. The van der Waals surface area contributed by atoms with Gasteiger partial charge in [-0.3, -0.25) is 10.3 Å². The van der Waals surface area contributed by atoms with Crippen molar-refractivity contribution < 1.29 is 13.5 Å². The molecule has 26 heavy (non-hydrogen) atoms. The van der Waals surface area contributed by atoms with Crippen LogP contribution in [0.1, 0.15) is 52.4 Å². The van der Waals surface area contributed by atoms with Crippen LogP contribution in [-0.2, 0) is 0 Å². The Balaban J connectivity index is 1.79. The molecule has 1 N–H and O–H groups in total. The number of benzene rings is 1. The average Bonchev–Trinajstić information content (AvgIpc) is 2.64. The van der Waals surface area contributed by atoms with E-state index in [2.05, 4.69) is 6.19 Å². The zero-order valence-electron chi connectivity index (χ0n) is 15.3. The van der Waals surface area contributed by atoms with E-state index in [-0.39, 0.29) is 5.84 Å². The van der Waals surface area contributed by atoms with Crippen molar-refractivity contribution >= 4 is 5.84 Å². The zero-order valence-corrected chi connectivity index (χ0v) is 15.3. The highest BCUT2D eigenvalue weighted by molar-refractivity contribution is 5.89. The molecular formula is C20H25F2N3O. The largest absolute Gasteiger partial charge is 0.480 e. The van der Waals surface area contributed by atoms with E-state index in [0.717, 1.165) is 0 Å². The quantitative estimate of drug-likeness (QED) is 0.349. The topological polar surface area (TPSA) is 60.1 Å². The van der Waals surface area contributed by atoms with Gasteiger partial charge >= 0.3 is 0 Å². The fraction of sp³-hybridized carbons (Fsp3) is 0.600. The van der Waals surface area contributed by atoms with Crippen molar-refractivity contribution in [3.8, 4) is 11.9 Å². The molecule has 6 heteroatoms. The Morgan fingerprint density at radius 1 is 1.15 bits per heavy atom. The number of ether oxygens (including phenoxy) is 1. The van der Waals surface area contributed by atoms with Gasteiger partial charge in [0.25, 0.3) is 0 Å². The number of nitrogens with zero attached hydrogens (tertiary/aromatic N) is 2. The van der Waals surface area contributed by atoms with Gasteiger partial charge in [0.2, 0.25) is 6.43 Å². The van der Waals surface area contributed by atoms with E-state index in [1.807, 2.05) is 30.3 Å². The van der Waals surface area contributed by atoms with Crippen LogP contribution >= 0.6 is 0 Å². The lowest BCUT2D eigenvalue weighted by Gasteiger charge is -2.56. The summed E-state index contributed by atoms with van der Waals surface area (Å²) in [6.07, 6.45) is 2.66. The first-order valence-electron chi connectivity index (χ1n) is 9.06. The van der Waals surface area contributed by atoms with Gasteiger partial charge in [-0.2, -0.15) is 5.26 Å². The Hall–Kier alpha value is -2.16. The van der Waals surface area contributed by atoms with Gasteiger partial charge in [0.05, 0.1) is 5.54 Å². The molecule has 0 saturated heterocycles. The second-order valence-electron chi connectivity index (χ2n) is 8.10. The van der Waals surface area contributed by atoms with Crippen LogP contribution in [0.2, 0.25) is 0 Å². The fourth-order valence-corrected chi connectivity index (χ4v) is 4.35. The smallest absolute Gasteiger partial charge is 0.244 e. The molecule has 1 aromatic carbocycles. The molecule has 2 bridgehead atoms. The SMILES string of the molecule is CC(C)(Oc1ccccc1)C(=N)N(C#N)C12CCC(C(F)F)(CC1)CC2. The molecule has 3 saturated carbocycles. The Morgan fingerprint density at radius 2 is 1.69 bits per heavy atom. The number of fused-ring (bicyclic) bond motifs is 3. The van der Waals surface area contributed by atoms with E-state index < -0.39 is 23.0 Å². The first kappa shape index (κ1) is 18.6. The summed E-state index contributed by atoms with van der Waals surface area (Å²) in [5, 5.41) is 18.4. The summed E-state index contributed by atoms with van der Waals surface area (Å²) in [4.78, 5) is 1.44. The standard InChI is InChI=1S/C20H25F2N3O/c1-18(2,26-15-6-4-3-5-7-15)17(24)25(14-23)20-11-8-19(9-12-20,10-13-20)16(21)22/h3-7,16,24H,8-13H2,1-2H3. The third-order valence-corrected chi connectivity index (χ3v) is 6.21. The Morgan fingerprint density at radius 3 is 2.15 bits per heavy atom. The van der Waals surface area contributed by atoms with Gasteiger partial charge in [-0.25, -0.2) is 8.78 Å². The lowest BCUT2D eigenvalue weighted by Crippen LogP contribution is -2.61. The van der Waals surface area contributed by atoms with Crippen LogP contribution < -0.4 is 4.74 Å². The predicted octanol–water partition coefficient (Wildman–Crippen LogP) is 4.96. The number of nitriles is 1. The minimum atomic E-state index is -2.31. The van der Waals surface area contributed by atoms with E-state index in [0.29, 0.717) is 44.3 Å². The van der Waals surface area contributed by atoms with E-state index in [4.69, 9.17) is 10.1 Å². The molecule has 0 unspecified atom stereocenters. The van der Waals surface area contributed by atoms with Gasteiger partial charge in [-0.05, 0) is 64.5 Å². The van der Waals surface area contributed by atoms with E-state index in [1.54, 1.807) is 13.8 Å². The second kappa shape index (κ2) is 6.53. The van der Waals surface area contributed by atoms with Crippen LogP contribution in [0.3, 0.4) is 0 Å². The van der Waals surface area contributed by atoms with Crippen molar-refractivity contribution in [2.45, 2.75) is 69.9 Å². The van der Waals surface area contributed by atoms with E-state index in [1.165, 1.54) is 4.90 Å². The van der Waals surface area contributed by atoms with Gasteiger partial charge in [0.1, 0.15) is 5.75 Å². The van der Waals surface area contributed by atoms with Gasteiger partial charge in [-0.15, -0.1) is 0 Å². The van der Waals surface area contributed by atoms with E-state index in [9.17, 15) is 14.0 Å². The molecule has 0 atom stereocenters. The summed E-state index contributed by atoms with van der Waals surface area (Å²) in [6, 6.07) is 9.19. The molecule has 4 nitrogen and oxygen atoms in total. The monoisotopic (exact) mass is 361 g/mol. The zero-order chi connectivity index (χ0) is 19.0. The minimum absolute atomic E-state index is 0.0790. The average molecular weight is 361 g/mol. The Kier molecular flexibility index (Phi) is 4.68. The second-order valence-corrected chi connectivity index (χ2v) is 8.10. The van der Waals surface area contributed by atoms with Crippen molar-refractivity contribution in [2.24, 2.45) is 5.41 Å². The molecule has 0 aliphatic heterocycles. The maximum Gasteiger partial charge on any atom is 0.244 e. The molecule has 1 aromatic rings. The number of alkyl halides is 2. The van der Waals surface area contributed by atoms with Crippen LogP contribution in [0.25, 0.3) is 0 Å². The van der Waals surface area contributed by atoms with Crippen LogP contribution in [0, 0.1) is 22.3 Å². The van der Waals surface area contributed by atoms with Crippen LogP contribution in [0.5, 0.6) is 5.75 Å². The number of nitrogens with one attached hydrogen (secondary N) is 1. The highest BCUT2D eigenvalue weighted by atomic mass is 19.3. The summed E-state index contributed by atoms with van der Waals surface area (Å²) in [7, 11) is 0. The van der Waals surface area contributed by atoms with E-state index >= 15 is 0 Å². The van der Waals surface area contributed by atoms with Crippen LogP contribution in [-0.4, -0.2) is 28.3 Å². The van der Waals surface area contributed by atoms with Gasteiger partial charge in [-0.1, -0.05) is 18.2 Å². The van der Waals surface area contributed by atoms with Crippen molar-refractivity contribution in [3.05, 3.63) is 30.3 Å². The van der Waals surface area contributed by atoms with Gasteiger partial charge in [0.15, 0.2) is 17.6 Å². The fourth-order valence-electron chi connectivity index (χ4n) is 4.35. The maximum atomic E-state index is 13.5.